The highest BCUT2D eigenvalue weighted by molar-refractivity contribution is 14.0. The summed E-state index contributed by atoms with van der Waals surface area (Å²) in [6.45, 7) is 8.41. The van der Waals surface area contributed by atoms with Gasteiger partial charge in [0.2, 0.25) is 5.91 Å². The Morgan fingerprint density at radius 2 is 1.94 bits per heavy atom. The molecule has 1 aromatic carbocycles. The molecule has 182 valence electrons. The zero-order valence-corrected chi connectivity index (χ0v) is 22.5. The Bertz CT molecular complexity index is 705. The molecule has 7 nitrogen and oxygen atoms in total. The number of amides is 1. The fourth-order valence-electron chi connectivity index (χ4n) is 4.09. The number of hydrogen-bond donors (Lipinski definition) is 3. The SMILES string of the molecule is CCNC(=NCc1cccc(NC(=O)CN(C)C)c1)NCC1(CCOCC)CCCC1.I. The first-order valence-corrected chi connectivity index (χ1v) is 11.6. The van der Waals surface area contributed by atoms with Crippen LogP contribution in [0.3, 0.4) is 0 Å². The number of carbonyl (C=O) groups excluding carboxylic acids is 1. The van der Waals surface area contributed by atoms with E-state index in [-0.39, 0.29) is 29.9 Å². The minimum absolute atomic E-state index is 0. The summed E-state index contributed by atoms with van der Waals surface area (Å²) in [5, 5.41) is 9.89. The smallest absolute Gasteiger partial charge is 0.238 e. The molecule has 3 N–H and O–H groups in total. The largest absolute Gasteiger partial charge is 0.382 e. The second-order valence-electron chi connectivity index (χ2n) is 8.69. The third-order valence-corrected chi connectivity index (χ3v) is 5.71. The molecule has 1 aromatic rings. The fraction of sp³-hybridized carbons (Fsp3) is 0.667. The molecule has 0 bridgehead atoms. The van der Waals surface area contributed by atoms with Gasteiger partial charge in [-0.25, -0.2) is 4.99 Å². The van der Waals surface area contributed by atoms with Gasteiger partial charge < -0.3 is 25.6 Å². The molecular weight excluding hydrogens is 517 g/mol. The Labute approximate surface area is 211 Å². The maximum absolute atomic E-state index is 12.0. The summed E-state index contributed by atoms with van der Waals surface area (Å²) in [6, 6.07) is 7.89. The fourth-order valence-corrected chi connectivity index (χ4v) is 4.09. The van der Waals surface area contributed by atoms with Crippen molar-refractivity contribution in [3.8, 4) is 0 Å². The Hall–Kier alpha value is -1.39. The van der Waals surface area contributed by atoms with Crippen molar-refractivity contribution in [2.24, 2.45) is 10.4 Å². The molecule has 1 fully saturated rings. The molecule has 0 spiro atoms. The first-order valence-electron chi connectivity index (χ1n) is 11.6. The number of carbonyl (C=O) groups is 1. The summed E-state index contributed by atoms with van der Waals surface area (Å²) < 4.78 is 5.63. The number of anilines is 1. The molecule has 2 rings (SSSR count). The molecule has 0 radical (unpaired) electrons. The number of rotatable bonds is 12. The third kappa shape index (κ3) is 10.5. The topological polar surface area (TPSA) is 78.0 Å². The van der Waals surface area contributed by atoms with Crippen molar-refractivity contribution in [3.63, 3.8) is 0 Å². The lowest BCUT2D eigenvalue weighted by atomic mass is 9.83. The zero-order valence-electron chi connectivity index (χ0n) is 20.2. The molecular formula is C24H42IN5O2. The lowest BCUT2D eigenvalue weighted by Crippen LogP contribution is -2.43. The highest BCUT2D eigenvalue weighted by Crippen LogP contribution is 2.40. The van der Waals surface area contributed by atoms with Crippen LogP contribution in [0.4, 0.5) is 5.69 Å². The number of nitrogens with one attached hydrogen (secondary N) is 3. The Morgan fingerprint density at radius 3 is 2.59 bits per heavy atom. The van der Waals surface area contributed by atoms with Gasteiger partial charge in [-0.15, -0.1) is 24.0 Å². The first kappa shape index (κ1) is 28.6. The van der Waals surface area contributed by atoms with E-state index in [1.807, 2.05) is 43.3 Å². The van der Waals surface area contributed by atoms with Gasteiger partial charge >= 0.3 is 0 Å². The number of ether oxygens (including phenoxy) is 1. The molecule has 32 heavy (non-hydrogen) atoms. The van der Waals surface area contributed by atoms with Gasteiger partial charge in [-0.3, -0.25) is 4.79 Å². The number of benzene rings is 1. The van der Waals surface area contributed by atoms with Gasteiger partial charge in [0.05, 0.1) is 13.1 Å². The van der Waals surface area contributed by atoms with Crippen molar-refractivity contribution in [1.29, 1.82) is 0 Å². The molecule has 1 amide bonds. The second kappa shape index (κ2) is 15.4. The van der Waals surface area contributed by atoms with Crippen LogP contribution in [0.2, 0.25) is 0 Å². The predicted octanol–water partition coefficient (Wildman–Crippen LogP) is 3.85. The molecule has 1 aliphatic rings. The van der Waals surface area contributed by atoms with Crippen LogP contribution in [-0.4, -0.2) is 63.7 Å². The summed E-state index contributed by atoms with van der Waals surface area (Å²) in [5.74, 6) is 0.821. The molecule has 0 unspecified atom stereocenters. The average molecular weight is 560 g/mol. The molecule has 1 saturated carbocycles. The highest BCUT2D eigenvalue weighted by atomic mass is 127. The molecule has 0 atom stereocenters. The molecule has 1 aliphatic carbocycles. The molecule has 0 aliphatic heterocycles. The maximum atomic E-state index is 12.0. The van der Waals surface area contributed by atoms with Gasteiger partial charge in [0.25, 0.3) is 0 Å². The van der Waals surface area contributed by atoms with E-state index in [4.69, 9.17) is 9.73 Å². The first-order chi connectivity index (χ1) is 15.0. The normalized spacial score (nSPS) is 15.3. The van der Waals surface area contributed by atoms with E-state index in [9.17, 15) is 4.79 Å². The van der Waals surface area contributed by atoms with Crippen LogP contribution in [0.5, 0.6) is 0 Å². The summed E-state index contributed by atoms with van der Waals surface area (Å²) in [4.78, 5) is 18.6. The Balaban J connectivity index is 0.00000512. The highest BCUT2D eigenvalue weighted by Gasteiger charge is 2.33. The summed E-state index contributed by atoms with van der Waals surface area (Å²) in [5.41, 5.74) is 2.17. The van der Waals surface area contributed by atoms with Crippen LogP contribution in [-0.2, 0) is 16.1 Å². The van der Waals surface area contributed by atoms with Crippen LogP contribution in [0.25, 0.3) is 0 Å². The van der Waals surface area contributed by atoms with E-state index in [1.54, 1.807) is 0 Å². The number of halogens is 1. The van der Waals surface area contributed by atoms with Crippen molar-refractivity contribution in [2.45, 2.75) is 52.5 Å². The van der Waals surface area contributed by atoms with Crippen LogP contribution in [0, 0.1) is 5.41 Å². The molecule has 0 heterocycles. The quantitative estimate of drug-likeness (QED) is 0.157. The van der Waals surface area contributed by atoms with E-state index in [0.29, 0.717) is 18.5 Å². The summed E-state index contributed by atoms with van der Waals surface area (Å²) in [6.07, 6.45) is 6.20. The third-order valence-electron chi connectivity index (χ3n) is 5.71. The molecule has 8 heteroatoms. The lowest BCUT2D eigenvalue weighted by Gasteiger charge is -2.30. The Morgan fingerprint density at radius 1 is 1.19 bits per heavy atom. The number of aliphatic imine (C=N–C) groups is 1. The van der Waals surface area contributed by atoms with E-state index in [1.165, 1.54) is 25.7 Å². The average Bonchev–Trinajstić information content (AvgIpc) is 3.19. The summed E-state index contributed by atoms with van der Waals surface area (Å²) >= 11 is 0. The van der Waals surface area contributed by atoms with Crippen molar-refractivity contribution < 1.29 is 9.53 Å². The van der Waals surface area contributed by atoms with E-state index >= 15 is 0 Å². The van der Waals surface area contributed by atoms with Crippen LogP contribution in [0.15, 0.2) is 29.3 Å². The van der Waals surface area contributed by atoms with Gasteiger partial charge in [0.15, 0.2) is 5.96 Å². The van der Waals surface area contributed by atoms with Gasteiger partial charge in [-0.1, -0.05) is 25.0 Å². The van der Waals surface area contributed by atoms with E-state index < -0.39 is 0 Å². The van der Waals surface area contributed by atoms with Crippen molar-refractivity contribution in [2.75, 3.05) is 52.3 Å². The van der Waals surface area contributed by atoms with Gasteiger partial charge in [0.1, 0.15) is 0 Å². The van der Waals surface area contributed by atoms with Gasteiger partial charge in [0, 0.05) is 32.0 Å². The number of hydrogen-bond acceptors (Lipinski definition) is 4. The minimum Gasteiger partial charge on any atom is -0.382 e. The van der Waals surface area contributed by atoms with Crippen LogP contribution >= 0.6 is 24.0 Å². The maximum Gasteiger partial charge on any atom is 0.238 e. The molecule has 0 saturated heterocycles. The van der Waals surface area contributed by atoms with Crippen LogP contribution in [0.1, 0.15) is 51.5 Å². The van der Waals surface area contributed by atoms with Crippen molar-refractivity contribution in [3.05, 3.63) is 29.8 Å². The number of likely N-dealkylation sites (N-methyl/N-ethyl adjacent to an activating group) is 1. The lowest BCUT2D eigenvalue weighted by molar-refractivity contribution is -0.116. The zero-order chi connectivity index (χ0) is 22.5. The summed E-state index contributed by atoms with van der Waals surface area (Å²) in [7, 11) is 3.76. The van der Waals surface area contributed by atoms with Crippen molar-refractivity contribution >= 4 is 41.5 Å². The predicted molar refractivity (Wildman–Crippen MR) is 144 cm³/mol. The number of nitrogens with zero attached hydrogens (tertiary/aromatic N) is 2. The van der Waals surface area contributed by atoms with Crippen LogP contribution < -0.4 is 16.0 Å². The van der Waals surface area contributed by atoms with Gasteiger partial charge in [-0.05, 0) is 70.3 Å². The van der Waals surface area contributed by atoms with E-state index in [0.717, 1.165) is 49.9 Å². The minimum atomic E-state index is -0.0189. The number of guanidine groups is 1. The van der Waals surface area contributed by atoms with Crippen molar-refractivity contribution in [1.82, 2.24) is 15.5 Å². The Kier molecular flexibility index (Phi) is 13.8. The van der Waals surface area contributed by atoms with Gasteiger partial charge in [-0.2, -0.15) is 0 Å². The monoisotopic (exact) mass is 559 g/mol. The standard InChI is InChI=1S/C24H41N5O2.HI/c1-5-25-23(27-19-24(12-7-8-13-24)14-15-31-6-2)26-17-20-10-9-11-21(16-20)28-22(30)18-29(3)4;/h9-11,16H,5-8,12-15,17-19H2,1-4H3,(H,28,30)(H2,25,26,27);1H. The second-order valence-corrected chi connectivity index (χ2v) is 8.69. The van der Waals surface area contributed by atoms with E-state index in [2.05, 4.69) is 29.8 Å². The molecule has 0 aromatic heterocycles.